The fourth-order valence-corrected chi connectivity index (χ4v) is 4.05. The average Bonchev–Trinajstić information content (AvgIpc) is 2.95. The lowest BCUT2D eigenvalue weighted by molar-refractivity contribution is -0.140. The Morgan fingerprint density at radius 3 is 2.29 bits per heavy atom. The predicted octanol–water partition coefficient (Wildman–Crippen LogP) is 6.70. The highest BCUT2D eigenvalue weighted by Crippen LogP contribution is 2.36. The third kappa shape index (κ3) is 6.01. The number of hydrogen-bond donors (Lipinski definition) is 1. The van der Waals surface area contributed by atoms with Crippen molar-refractivity contribution in [3.8, 4) is 11.3 Å². The molecule has 0 unspecified atom stereocenters. The van der Waals surface area contributed by atoms with Crippen molar-refractivity contribution < 1.29 is 13.2 Å². The van der Waals surface area contributed by atoms with Crippen LogP contribution in [-0.4, -0.2) is 19.3 Å². The van der Waals surface area contributed by atoms with Crippen molar-refractivity contribution in [3.63, 3.8) is 0 Å². The van der Waals surface area contributed by atoms with E-state index in [1.54, 1.807) is 24.1 Å². The largest absolute Gasteiger partial charge is 0.435 e. The zero-order valence-corrected chi connectivity index (χ0v) is 19.6. The maximum Gasteiger partial charge on any atom is 0.435 e. The van der Waals surface area contributed by atoms with E-state index in [4.69, 9.17) is 0 Å². The average molecular weight is 451 g/mol. The first-order chi connectivity index (χ1) is 14.2. The Morgan fingerprint density at radius 1 is 1.00 bits per heavy atom. The van der Waals surface area contributed by atoms with Crippen molar-refractivity contribution >= 4 is 22.9 Å². The number of nitrogens with zero attached hydrogens (tertiary/aromatic N) is 3. The van der Waals surface area contributed by atoms with Crippen LogP contribution in [0.2, 0.25) is 0 Å². The maximum absolute atomic E-state index is 13.5. The molecule has 0 amide bonds. The highest BCUT2D eigenvalue weighted by molar-refractivity contribution is 7.98. The van der Waals surface area contributed by atoms with Crippen LogP contribution in [0.4, 0.5) is 13.2 Å². The topological polar surface area (TPSA) is 42.7 Å². The molecule has 0 radical (unpaired) electrons. The molecule has 3 aromatic rings. The summed E-state index contributed by atoms with van der Waals surface area (Å²) in [6.45, 7) is 14.2. The number of halogens is 3. The van der Waals surface area contributed by atoms with Gasteiger partial charge in [-0.1, -0.05) is 44.9 Å². The first kappa shape index (κ1) is 23.6. The predicted molar refractivity (Wildman–Crippen MR) is 122 cm³/mol. The minimum Gasteiger partial charge on any atom is -0.347 e. The second kappa shape index (κ2) is 8.47. The van der Waals surface area contributed by atoms with E-state index in [9.17, 15) is 13.2 Å². The molecular formula is C23H29F3N4S. The van der Waals surface area contributed by atoms with Gasteiger partial charge in [0, 0.05) is 52.9 Å². The van der Waals surface area contributed by atoms with E-state index in [-0.39, 0.29) is 15.9 Å². The number of nitrogens with one attached hydrogen (secondary N) is 1. The first-order valence-electron chi connectivity index (χ1n) is 10.2. The molecule has 1 aromatic carbocycles. The summed E-state index contributed by atoms with van der Waals surface area (Å²) in [4.78, 5) is 7.55. The van der Waals surface area contributed by atoms with E-state index in [0.29, 0.717) is 12.1 Å². The quantitative estimate of drug-likeness (QED) is 0.439. The zero-order valence-electron chi connectivity index (χ0n) is 18.8. The molecule has 4 nitrogen and oxygen atoms in total. The number of rotatable bonds is 5. The molecule has 168 valence electrons. The molecule has 0 aliphatic heterocycles. The van der Waals surface area contributed by atoms with Crippen molar-refractivity contribution in [2.45, 2.75) is 65.6 Å². The van der Waals surface area contributed by atoms with Gasteiger partial charge in [0.2, 0.25) is 0 Å². The van der Waals surface area contributed by atoms with E-state index in [2.05, 4.69) is 67.0 Å². The molecule has 1 N–H and O–H groups in total. The summed E-state index contributed by atoms with van der Waals surface area (Å²) in [5, 5.41) is 1.02. The van der Waals surface area contributed by atoms with E-state index >= 15 is 0 Å². The van der Waals surface area contributed by atoms with Gasteiger partial charge in [-0.15, -0.1) is 0 Å². The SMILES string of the molecule is CC(C)(C)Cn1cc(CNSC(C)(C)C)c2ccc(-c3nccnc3C(F)(F)F)cc21. The third-order valence-corrected chi connectivity index (χ3v) is 5.39. The van der Waals surface area contributed by atoms with Crippen LogP contribution in [0.3, 0.4) is 0 Å². The fourth-order valence-electron chi connectivity index (χ4n) is 3.39. The number of alkyl halides is 3. The Hall–Kier alpha value is -2.06. The van der Waals surface area contributed by atoms with Crippen LogP contribution in [0.1, 0.15) is 52.8 Å². The van der Waals surface area contributed by atoms with Gasteiger partial charge in [-0.2, -0.15) is 13.2 Å². The van der Waals surface area contributed by atoms with Crippen LogP contribution in [0.5, 0.6) is 0 Å². The molecule has 0 saturated heterocycles. The van der Waals surface area contributed by atoms with E-state index in [1.807, 2.05) is 6.07 Å². The van der Waals surface area contributed by atoms with E-state index in [1.165, 1.54) is 6.20 Å². The number of fused-ring (bicyclic) bond motifs is 1. The van der Waals surface area contributed by atoms with Gasteiger partial charge in [0.15, 0.2) is 5.69 Å². The van der Waals surface area contributed by atoms with Crippen molar-refractivity contribution in [1.29, 1.82) is 0 Å². The lowest BCUT2D eigenvalue weighted by Gasteiger charge is -2.20. The summed E-state index contributed by atoms with van der Waals surface area (Å²) in [5.74, 6) is 0. The Balaban J connectivity index is 2.08. The summed E-state index contributed by atoms with van der Waals surface area (Å²) in [6.07, 6.45) is -0.103. The minimum absolute atomic E-state index is 0.0104. The smallest absolute Gasteiger partial charge is 0.347 e. The zero-order chi connectivity index (χ0) is 23.0. The molecule has 0 bridgehead atoms. The third-order valence-electron chi connectivity index (χ3n) is 4.49. The molecule has 0 fully saturated rings. The van der Waals surface area contributed by atoms with Crippen molar-refractivity contribution in [2.24, 2.45) is 5.41 Å². The van der Waals surface area contributed by atoms with Crippen molar-refractivity contribution in [3.05, 3.63) is 48.0 Å². The highest BCUT2D eigenvalue weighted by Gasteiger charge is 2.36. The van der Waals surface area contributed by atoms with Gasteiger partial charge < -0.3 is 4.57 Å². The van der Waals surface area contributed by atoms with Crippen molar-refractivity contribution in [1.82, 2.24) is 19.3 Å². The molecular weight excluding hydrogens is 421 g/mol. The molecule has 0 aliphatic carbocycles. The molecule has 0 saturated carbocycles. The normalized spacial score (nSPS) is 13.2. The summed E-state index contributed by atoms with van der Waals surface area (Å²) < 4.78 is 46.0. The molecule has 8 heteroatoms. The molecule has 2 heterocycles. The minimum atomic E-state index is -4.56. The van der Waals surface area contributed by atoms with Gasteiger partial charge >= 0.3 is 6.18 Å². The lowest BCUT2D eigenvalue weighted by Crippen LogP contribution is -2.16. The molecule has 0 aliphatic rings. The van der Waals surface area contributed by atoms with Gasteiger partial charge in [-0.25, -0.2) is 4.98 Å². The van der Waals surface area contributed by atoms with E-state index in [0.717, 1.165) is 29.2 Å². The summed E-state index contributed by atoms with van der Waals surface area (Å²) >= 11 is 1.66. The Labute approximate surface area is 185 Å². The summed E-state index contributed by atoms with van der Waals surface area (Å²) in [7, 11) is 0. The van der Waals surface area contributed by atoms with Crippen LogP contribution in [0.15, 0.2) is 36.8 Å². The van der Waals surface area contributed by atoms with Gasteiger partial charge in [-0.05, 0) is 37.8 Å². The van der Waals surface area contributed by atoms with Crippen molar-refractivity contribution in [2.75, 3.05) is 0 Å². The Morgan fingerprint density at radius 2 is 1.68 bits per heavy atom. The Kier molecular flexibility index (Phi) is 6.45. The maximum atomic E-state index is 13.5. The molecule has 31 heavy (non-hydrogen) atoms. The molecule has 0 atom stereocenters. The van der Waals surface area contributed by atoms with Gasteiger partial charge in [0.05, 0.1) is 0 Å². The summed E-state index contributed by atoms with van der Waals surface area (Å²) in [6, 6.07) is 5.38. The van der Waals surface area contributed by atoms with Crippen LogP contribution in [0, 0.1) is 5.41 Å². The number of aromatic nitrogens is 3. The highest BCUT2D eigenvalue weighted by atomic mass is 32.2. The van der Waals surface area contributed by atoms with Crippen LogP contribution in [0.25, 0.3) is 22.2 Å². The van der Waals surface area contributed by atoms with Gasteiger partial charge in [0.1, 0.15) is 5.69 Å². The molecule has 2 aromatic heterocycles. The fraction of sp³-hybridized carbons (Fsp3) is 0.478. The number of benzene rings is 1. The van der Waals surface area contributed by atoms with Crippen LogP contribution in [-0.2, 0) is 19.3 Å². The first-order valence-corrected chi connectivity index (χ1v) is 11.0. The van der Waals surface area contributed by atoms with Gasteiger partial charge in [-0.3, -0.25) is 9.71 Å². The number of hydrogen-bond acceptors (Lipinski definition) is 4. The van der Waals surface area contributed by atoms with Gasteiger partial charge in [0.25, 0.3) is 0 Å². The molecule has 0 spiro atoms. The monoisotopic (exact) mass is 450 g/mol. The Bertz CT molecular complexity index is 1060. The van der Waals surface area contributed by atoms with Crippen LogP contribution < -0.4 is 4.72 Å². The molecule has 3 rings (SSSR count). The second-order valence-corrected chi connectivity index (χ2v) is 11.6. The summed E-state index contributed by atoms with van der Waals surface area (Å²) in [5.41, 5.74) is 1.30. The van der Waals surface area contributed by atoms with E-state index < -0.39 is 11.9 Å². The lowest BCUT2D eigenvalue weighted by atomic mass is 9.97. The second-order valence-electron chi connectivity index (χ2n) is 9.86. The van der Waals surface area contributed by atoms with Crippen LogP contribution >= 0.6 is 11.9 Å². The standard InChI is InChI=1S/C23H29F3N4S/c1-21(2,3)14-30-13-16(12-29-31-22(4,5)6)17-8-7-15(11-18(17)30)19-20(23(24,25)26)28-10-9-27-19/h7-11,13,29H,12,14H2,1-6H3.